The van der Waals surface area contributed by atoms with E-state index in [2.05, 4.69) is 33.8 Å². The first kappa shape index (κ1) is 19.6. The fourth-order valence-electron chi connectivity index (χ4n) is 3.35. The highest BCUT2D eigenvalue weighted by atomic mass is 16.6. The molecule has 1 aliphatic rings. The Bertz CT molecular complexity index is 919. The summed E-state index contributed by atoms with van der Waals surface area (Å²) in [6.07, 6.45) is 3.51. The summed E-state index contributed by atoms with van der Waals surface area (Å²) in [5.41, 5.74) is 6.38. The second-order valence-corrected chi connectivity index (χ2v) is 6.65. The summed E-state index contributed by atoms with van der Waals surface area (Å²) in [4.78, 5) is 22.6. The van der Waals surface area contributed by atoms with Crippen molar-refractivity contribution >= 4 is 17.3 Å². The van der Waals surface area contributed by atoms with Gasteiger partial charge in [0.1, 0.15) is 13.7 Å². The molecule has 0 fully saturated rings. The third kappa shape index (κ3) is 4.39. The second kappa shape index (κ2) is 9.17. The molecule has 0 aliphatic heterocycles. The number of likely N-dealkylation sites (N-methyl/N-ethyl adjacent to an activating group) is 1. The van der Waals surface area contributed by atoms with E-state index in [9.17, 15) is 4.79 Å². The van der Waals surface area contributed by atoms with E-state index < -0.39 is 0 Å². The lowest BCUT2D eigenvalue weighted by atomic mass is 10.0. The van der Waals surface area contributed by atoms with Gasteiger partial charge < -0.3 is 15.0 Å². The van der Waals surface area contributed by atoms with Crippen LogP contribution in [0.3, 0.4) is 0 Å². The van der Waals surface area contributed by atoms with Gasteiger partial charge in [-0.3, -0.25) is 4.79 Å². The molecule has 0 spiro atoms. The number of nitrogens with zero attached hydrogens (tertiary/aromatic N) is 2. The summed E-state index contributed by atoms with van der Waals surface area (Å²) in [6, 6.07) is 13.9. The van der Waals surface area contributed by atoms with Gasteiger partial charge >= 0.3 is 0 Å². The lowest BCUT2D eigenvalue weighted by Crippen LogP contribution is -2.29. The molecule has 6 heteroatoms. The van der Waals surface area contributed by atoms with Crippen LogP contribution in [0.1, 0.15) is 41.2 Å². The molecular weight excluding hydrogens is 354 g/mol. The van der Waals surface area contributed by atoms with E-state index in [-0.39, 0.29) is 18.2 Å². The van der Waals surface area contributed by atoms with Crippen molar-refractivity contribution in [3.05, 3.63) is 70.3 Å². The molecular formula is C22H25N3O3. The van der Waals surface area contributed by atoms with Crippen LogP contribution in [0.4, 0.5) is 0 Å². The van der Waals surface area contributed by atoms with Crippen LogP contribution in [-0.2, 0) is 33.9 Å². The molecule has 28 heavy (non-hydrogen) atoms. The van der Waals surface area contributed by atoms with Gasteiger partial charge in [-0.2, -0.15) is 0 Å². The van der Waals surface area contributed by atoms with Crippen LogP contribution in [0.15, 0.2) is 52.8 Å². The Hall–Kier alpha value is -3.15. The normalized spacial score (nSPS) is 13.8. The Morgan fingerprint density at radius 3 is 2.68 bits per heavy atom. The summed E-state index contributed by atoms with van der Waals surface area (Å²) >= 11 is 0. The maximum absolute atomic E-state index is 12.1. The molecule has 0 aromatic heterocycles. The summed E-state index contributed by atoms with van der Waals surface area (Å²) in [5, 5.41) is 10.7. The van der Waals surface area contributed by atoms with Gasteiger partial charge in [0.15, 0.2) is 5.71 Å². The number of aryl methyl sites for hydroxylation is 2. The topological polar surface area (TPSA) is 72.3 Å². The van der Waals surface area contributed by atoms with Crippen LogP contribution in [0.25, 0.3) is 0 Å². The average Bonchev–Trinajstić information content (AvgIpc) is 3.19. The molecule has 1 N–H and O–H groups in total. The van der Waals surface area contributed by atoms with Crippen molar-refractivity contribution in [3.63, 3.8) is 0 Å². The molecule has 0 heterocycles. The molecule has 0 radical (unpaired) electrons. The first-order chi connectivity index (χ1) is 13.6. The number of benzene rings is 2. The maximum atomic E-state index is 12.1. The Morgan fingerprint density at radius 2 is 1.89 bits per heavy atom. The van der Waals surface area contributed by atoms with Crippen LogP contribution in [0.5, 0.6) is 0 Å². The molecule has 0 unspecified atom stereocenters. The Balaban J connectivity index is 1.75. The van der Waals surface area contributed by atoms with E-state index in [0.29, 0.717) is 5.56 Å². The van der Waals surface area contributed by atoms with E-state index in [4.69, 9.17) is 9.68 Å². The number of fused-ring (bicyclic) bond motifs is 1. The van der Waals surface area contributed by atoms with Crippen molar-refractivity contribution in [1.82, 2.24) is 5.32 Å². The number of oxime groups is 2. The zero-order valence-corrected chi connectivity index (χ0v) is 16.5. The fraction of sp³-hybridized carbons (Fsp3) is 0.318. The molecule has 3 rings (SSSR count). The fourth-order valence-corrected chi connectivity index (χ4v) is 3.35. The minimum absolute atomic E-state index is 0.198. The molecule has 2 aromatic rings. The Morgan fingerprint density at radius 1 is 1.11 bits per heavy atom. The smallest absolute Gasteiger partial charge is 0.273 e. The molecule has 6 nitrogen and oxygen atoms in total. The third-order valence-electron chi connectivity index (χ3n) is 4.83. The number of hydrogen-bond donors (Lipinski definition) is 1. The van der Waals surface area contributed by atoms with E-state index >= 15 is 0 Å². The number of rotatable bonds is 7. The highest BCUT2D eigenvalue weighted by Gasteiger charge is 2.17. The minimum atomic E-state index is -0.327. The number of hydrogen-bond acceptors (Lipinski definition) is 5. The van der Waals surface area contributed by atoms with Crippen molar-refractivity contribution in [2.45, 2.75) is 32.8 Å². The number of amides is 1. The quantitative estimate of drug-likeness (QED) is 0.593. The average molecular weight is 379 g/mol. The monoisotopic (exact) mass is 379 g/mol. The van der Waals surface area contributed by atoms with E-state index in [1.807, 2.05) is 31.2 Å². The van der Waals surface area contributed by atoms with Crippen LogP contribution < -0.4 is 5.32 Å². The molecule has 2 aromatic carbocycles. The molecule has 0 atom stereocenters. The van der Waals surface area contributed by atoms with Gasteiger partial charge in [-0.25, -0.2) is 0 Å². The largest absolute Gasteiger partial charge is 0.398 e. The Kier molecular flexibility index (Phi) is 6.42. The van der Waals surface area contributed by atoms with Crippen molar-refractivity contribution in [2.24, 2.45) is 10.3 Å². The first-order valence-corrected chi connectivity index (χ1v) is 9.34. The highest BCUT2D eigenvalue weighted by molar-refractivity contribution is 6.45. The number of carbonyl (C=O) groups excluding carboxylic acids is 1. The second-order valence-electron chi connectivity index (χ2n) is 6.65. The van der Waals surface area contributed by atoms with E-state index in [1.165, 1.54) is 24.7 Å². The minimum Gasteiger partial charge on any atom is -0.398 e. The molecule has 1 aliphatic carbocycles. The van der Waals surface area contributed by atoms with Gasteiger partial charge in [0.2, 0.25) is 0 Å². The number of nitrogens with one attached hydrogen (secondary N) is 1. The zero-order valence-electron chi connectivity index (χ0n) is 16.5. The summed E-state index contributed by atoms with van der Waals surface area (Å²) < 4.78 is 0. The number of carbonyl (C=O) groups is 1. The van der Waals surface area contributed by atoms with Gasteiger partial charge in [-0.1, -0.05) is 46.7 Å². The van der Waals surface area contributed by atoms with Gasteiger partial charge in [0.25, 0.3) is 5.91 Å². The van der Waals surface area contributed by atoms with E-state index in [0.717, 1.165) is 29.7 Å². The van der Waals surface area contributed by atoms with Crippen LogP contribution >= 0.6 is 0 Å². The van der Waals surface area contributed by atoms with Gasteiger partial charge in [-0.05, 0) is 48.9 Å². The summed E-state index contributed by atoms with van der Waals surface area (Å²) in [5.74, 6) is -0.327. The lowest BCUT2D eigenvalue weighted by Gasteiger charge is -2.10. The van der Waals surface area contributed by atoms with Gasteiger partial charge in [-0.15, -0.1) is 0 Å². The van der Waals surface area contributed by atoms with Crippen LogP contribution in [-0.4, -0.2) is 31.5 Å². The third-order valence-corrected chi connectivity index (χ3v) is 4.83. The first-order valence-electron chi connectivity index (χ1n) is 9.34. The van der Waals surface area contributed by atoms with Crippen LogP contribution in [0, 0.1) is 0 Å². The Labute approximate surface area is 165 Å². The van der Waals surface area contributed by atoms with Crippen LogP contribution in [0.2, 0.25) is 0 Å². The maximum Gasteiger partial charge on any atom is 0.273 e. The summed E-state index contributed by atoms with van der Waals surface area (Å²) in [6.45, 7) is 2.16. The predicted molar refractivity (Wildman–Crippen MR) is 110 cm³/mol. The highest BCUT2D eigenvalue weighted by Crippen LogP contribution is 2.23. The van der Waals surface area contributed by atoms with Crippen molar-refractivity contribution < 1.29 is 14.5 Å². The molecule has 1 amide bonds. The molecule has 0 bridgehead atoms. The van der Waals surface area contributed by atoms with Crippen molar-refractivity contribution in [3.8, 4) is 0 Å². The predicted octanol–water partition coefficient (Wildman–Crippen LogP) is 3.21. The zero-order chi connectivity index (χ0) is 19.9. The lowest BCUT2D eigenvalue weighted by molar-refractivity contribution is -0.114. The van der Waals surface area contributed by atoms with Gasteiger partial charge in [0, 0.05) is 18.2 Å². The SMILES string of the molecule is CNC(=O)/C(=N/OC)c1ccccc1CO/N=C(\C)c1ccc2c(c1)CCC2. The van der Waals surface area contributed by atoms with E-state index in [1.54, 1.807) is 7.05 Å². The molecule has 0 saturated carbocycles. The molecule has 146 valence electrons. The van der Waals surface area contributed by atoms with Gasteiger partial charge in [0.05, 0.1) is 5.71 Å². The molecule has 0 saturated heterocycles. The standard InChI is InChI=1S/C22H25N3O3/c1-15(17-12-11-16-8-6-9-18(16)13-17)24-28-14-19-7-4-5-10-20(19)21(25-27-3)22(26)23-2/h4-5,7,10-13H,6,8-9,14H2,1-3H3,(H,23,26)/b24-15+,25-21+. The van der Waals surface area contributed by atoms with Crippen molar-refractivity contribution in [1.29, 1.82) is 0 Å². The van der Waals surface area contributed by atoms with Crippen molar-refractivity contribution in [2.75, 3.05) is 14.2 Å². The summed E-state index contributed by atoms with van der Waals surface area (Å²) in [7, 11) is 2.96.